The van der Waals surface area contributed by atoms with E-state index in [-0.39, 0.29) is 137 Å². The maximum absolute atomic E-state index is 0. The smallest absolute Gasteiger partial charge is 1.00 e. The van der Waals surface area contributed by atoms with E-state index in [1.54, 1.807) is 0 Å². The van der Waals surface area contributed by atoms with Crippen molar-refractivity contribution in [2.45, 2.75) is 0 Å². The first-order valence-corrected chi connectivity index (χ1v) is 0. The van der Waals surface area contributed by atoms with E-state index in [0.29, 0.717) is 0 Å². The van der Waals surface area contributed by atoms with Crippen LogP contribution in [0.3, 0.4) is 0 Å². The van der Waals surface area contributed by atoms with Gasteiger partial charge in [0.15, 0.2) is 0 Å². The summed E-state index contributed by atoms with van der Waals surface area (Å²) in [5, 5.41) is 0. The molecule has 0 aliphatic heterocycles. The van der Waals surface area contributed by atoms with Crippen molar-refractivity contribution in [3.05, 3.63) is 0 Å². The van der Waals surface area contributed by atoms with Gasteiger partial charge in [0, 0.05) is 0 Å². The fourth-order valence-corrected chi connectivity index (χ4v) is 0. The Hall–Kier alpha value is 3.89. The molecule has 0 aromatic carbocycles. The van der Waals surface area contributed by atoms with Gasteiger partial charge in [0.05, 0.1) is 0 Å². The number of hydrogen-bond acceptors (Lipinski definition) is 0. The van der Waals surface area contributed by atoms with Crippen LogP contribution in [-0.2, 0) is 0 Å². The molecule has 0 unspecified atom stereocenters. The Morgan fingerprint density at radius 1 is 0.429 bits per heavy atom. The SMILES string of the molecule is [Cl-].[Cl-].[Cl-].[Cl-].[Cl-].[K+].[Sn+4]. The topological polar surface area (TPSA) is 0 Å². The van der Waals surface area contributed by atoms with Crippen molar-refractivity contribution >= 4 is 23.9 Å². The summed E-state index contributed by atoms with van der Waals surface area (Å²) < 4.78 is 0. The van der Waals surface area contributed by atoms with Crippen molar-refractivity contribution in [3.63, 3.8) is 0 Å². The Morgan fingerprint density at radius 3 is 0.429 bits per heavy atom. The van der Waals surface area contributed by atoms with Gasteiger partial charge in [0.1, 0.15) is 0 Å². The summed E-state index contributed by atoms with van der Waals surface area (Å²) in [6.07, 6.45) is 0. The molecule has 0 saturated carbocycles. The van der Waals surface area contributed by atoms with E-state index in [4.69, 9.17) is 0 Å². The summed E-state index contributed by atoms with van der Waals surface area (Å²) >= 11 is 0. The van der Waals surface area contributed by atoms with Crippen molar-refractivity contribution in [2.75, 3.05) is 0 Å². The van der Waals surface area contributed by atoms with Gasteiger partial charge in [-0.05, 0) is 0 Å². The molecule has 0 saturated heterocycles. The predicted octanol–water partition coefficient (Wildman–Crippen LogP) is -18.4. The molecule has 0 aromatic heterocycles. The van der Waals surface area contributed by atoms with Crippen LogP contribution >= 0.6 is 0 Å². The van der Waals surface area contributed by atoms with Gasteiger partial charge in [-0.15, -0.1) is 0 Å². The first kappa shape index (κ1) is 70.5. The van der Waals surface area contributed by atoms with E-state index >= 15 is 0 Å². The van der Waals surface area contributed by atoms with Crippen LogP contribution in [0.2, 0.25) is 0 Å². The molecule has 0 aliphatic rings. The Labute approximate surface area is 134 Å². The van der Waals surface area contributed by atoms with Crippen LogP contribution in [0.4, 0.5) is 0 Å². The van der Waals surface area contributed by atoms with Gasteiger partial charge < -0.3 is 62.0 Å². The molecule has 40 valence electrons. The second-order valence-electron chi connectivity index (χ2n) is 0. The number of hydrogen-bond donors (Lipinski definition) is 0. The van der Waals surface area contributed by atoms with Crippen molar-refractivity contribution in [1.29, 1.82) is 0 Å². The summed E-state index contributed by atoms with van der Waals surface area (Å²) in [6.45, 7) is 0. The van der Waals surface area contributed by atoms with Crippen molar-refractivity contribution < 1.29 is 113 Å². The predicted molar refractivity (Wildman–Crippen MR) is 5.75 cm³/mol. The molecule has 0 fully saturated rings. The molecule has 7 heteroatoms. The average molecular weight is 335 g/mol. The maximum Gasteiger partial charge on any atom is 4.00 e. The van der Waals surface area contributed by atoms with Gasteiger partial charge in [0.25, 0.3) is 0 Å². The maximum atomic E-state index is 0. The van der Waals surface area contributed by atoms with Crippen molar-refractivity contribution in [2.24, 2.45) is 0 Å². The standard InChI is InChI=1S/5ClH.K.Sn/h5*1H;;/q;;;;;+1;+4/p-5. The molecule has 0 aliphatic carbocycles. The quantitative estimate of drug-likeness (QED) is 0.386. The minimum Gasteiger partial charge on any atom is -1.00 e. The third kappa shape index (κ3) is 40.7. The number of halogens is 5. The van der Waals surface area contributed by atoms with Crippen LogP contribution in [0, 0.1) is 0 Å². The Balaban J connectivity index is 0. The normalized spacial score (nSPS) is 0. The molecule has 0 amide bonds. The minimum atomic E-state index is 0. The molecule has 0 heterocycles. The summed E-state index contributed by atoms with van der Waals surface area (Å²) in [5.74, 6) is 0. The average Bonchev–Trinajstić information content (AvgIpc) is 0. The van der Waals surface area contributed by atoms with Crippen LogP contribution in [0.25, 0.3) is 0 Å². The fourth-order valence-electron chi connectivity index (χ4n) is 0. The van der Waals surface area contributed by atoms with Gasteiger partial charge in [-0.3, -0.25) is 0 Å². The van der Waals surface area contributed by atoms with Crippen LogP contribution in [0.15, 0.2) is 0 Å². The zero-order valence-electron chi connectivity index (χ0n) is 3.39. The Morgan fingerprint density at radius 2 is 0.429 bits per heavy atom. The Kier molecular flexibility index (Phi) is 520. The third-order valence-electron chi connectivity index (χ3n) is 0. The van der Waals surface area contributed by atoms with Crippen molar-refractivity contribution in [3.8, 4) is 0 Å². The van der Waals surface area contributed by atoms with E-state index in [1.165, 1.54) is 0 Å². The summed E-state index contributed by atoms with van der Waals surface area (Å²) in [4.78, 5) is 0. The molecular formula is Cl5KSn. The van der Waals surface area contributed by atoms with E-state index in [1.807, 2.05) is 0 Å². The van der Waals surface area contributed by atoms with Gasteiger partial charge in [-0.25, -0.2) is 0 Å². The van der Waals surface area contributed by atoms with Gasteiger partial charge in [0.2, 0.25) is 0 Å². The fraction of sp³-hybridized carbons (Fsp3) is 0. The molecule has 7 heavy (non-hydrogen) atoms. The molecule has 0 aromatic rings. The van der Waals surface area contributed by atoms with E-state index in [2.05, 4.69) is 0 Å². The largest absolute Gasteiger partial charge is 4.00 e. The van der Waals surface area contributed by atoms with Crippen LogP contribution in [0.1, 0.15) is 0 Å². The van der Waals surface area contributed by atoms with Gasteiger partial charge >= 0.3 is 75.3 Å². The summed E-state index contributed by atoms with van der Waals surface area (Å²) in [7, 11) is 0. The monoisotopic (exact) mass is 334 g/mol. The Bertz CT molecular complexity index is 8.04. The van der Waals surface area contributed by atoms with E-state index < -0.39 is 0 Å². The number of rotatable bonds is 0. The molecule has 0 N–H and O–H groups in total. The first-order chi connectivity index (χ1) is 0. The van der Waals surface area contributed by atoms with Crippen LogP contribution in [0.5, 0.6) is 0 Å². The third-order valence-corrected chi connectivity index (χ3v) is 0. The zero-order chi connectivity index (χ0) is 0. The molecule has 0 atom stereocenters. The first-order valence-electron chi connectivity index (χ1n) is 0. The van der Waals surface area contributed by atoms with Crippen LogP contribution in [-0.4, -0.2) is 23.9 Å². The van der Waals surface area contributed by atoms with Crippen LogP contribution < -0.4 is 113 Å². The van der Waals surface area contributed by atoms with Crippen molar-refractivity contribution in [1.82, 2.24) is 0 Å². The second kappa shape index (κ2) is 51.7. The minimum absolute atomic E-state index is 0. The zero-order valence-corrected chi connectivity index (χ0v) is 13.1. The molecule has 0 bridgehead atoms. The summed E-state index contributed by atoms with van der Waals surface area (Å²) in [6, 6.07) is 0. The molecule has 0 rings (SSSR count). The summed E-state index contributed by atoms with van der Waals surface area (Å²) in [5.41, 5.74) is 0. The molecular weight excluding hydrogens is 335 g/mol. The van der Waals surface area contributed by atoms with E-state index in [0.717, 1.165) is 0 Å². The van der Waals surface area contributed by atoms with Gasteiger partial charge in [-0.1, -0.05) is 0 Å². The second-order valence-corrected chi connectivity index (χ2v) is 0. The molecule has 0 spiro atoms. The molecule has 0 nitrogen and oxygen atoms in total. The molecule has 0 radical (unpaired) electrons. The van der Waals surface area contributed by atoms with E-state index in [9.17, 15) is 0 Å². The van der Waals surface area contributed by atoms with Gasteiger partial charge in [-0.2, -0.15) is 0 Å².